The lowest BCUT2D eigenvalue weighted by Gasteiger charge is -2.11. The van der Waals surface area contributed by atoms with E-state index in [0.29, 0.717) is 22.2 Å². The molecular weight excluding hydrogens is 450 g/mol. The Bertz CT molecular complexity index is 1370. The Morgan fingerprint density at radius 1 is 0.844 bits per heavy atom. The minimum atomic E-state index is -3.80. The fourth-order valence-corrected chi connectivity index (χ4v) is 3.96. The standard InChI is InChI=1S/C23H20ClN3O4S/c1-30-22-12-5-16(13-23(22)31-2)21-14-20(15-3-6-17(24)7-4-15)26-27(21)18-8-10-19(11-9-18)32(25,28)29/h3-14H,1-2H3,(H2,25,28,29). The number of halogens is 1. The first kappa shape index (κ1) is 21.9. The SMILES string of the molecule is COc1ccc(-c2cc(-c3ccc(Cl)cc3)nn2-c2ccc(S(N)(=O)=O)cc2)cc1OC. The van der Waals surface area contributed by atoms with Gasteiger partial charge in [0.15, 0.2) is 11.5 Å². The Hall–Kier alpha value is -3.33. The lowest BCUT2D eigenvalue weighted by Crippen LogP contribution is -2.12. The second-order valence-electron chi connectivity index (χ2n) is 6.94. The van der Waals surface area contributed by atoms with Crippen LogP contribution in [0.25, 0.3) is 28.2 Å². The van der Waals surface area contributed by atoms with Crippen LogP contribution in [0.15, 0.2) is 77.7 Å². The van der Waals surface area contributed by atoms with Crippen LogP contribution >= 0.6 is 11.6 Å². The Morgan fingerprint density at radius 2 is 1.47 bits per heavy atom. The Labute approximate surface area is 191 Å². The maximum atomic E-state index is 11.6. The third-order valence-corrected chi connectivity index (χ3v) is 6.12. The summed E-state index contributed by atoms with van der Waals surface area (Å²) in [5.41, 5.74) is 3.89. The quantitative estimate of drug-likeness (QED) is 0.447. The summed E-state index contributed by atoms with van der Waals surface area (Å²) in [5.74, 6) is 1.19. The number of sulfonamides is 1. The number of rotatable bonds is 6. The third kappa shape index (κ3) is 4.34. The molecule has 1 aromatic heterocycles. The Morgan fingerprint density at radius 3 is 2.06 bits per heavy atom. The van der Waals surface area contributed by atoms with Gasteiger partial charge < -0.3 is 9.47 Å². The molecule has 0 bridgehead atoms. The lowest BCUT2D eigenvalue weighted by molar-refractivity contribution is 0.355. The molecule has 1 heterocycles. The maximum Gasteiger partial charge on any atom is 0.238 e. The molecule has 0 amide bonds. The van der Waals surface area contributed by atoms with Crippen LogP contribution < -0.4 is 14.6 Å². The molecule has 0 fully saturated rings. The van der Waals surface area contributed by atoms with Crippen LogP contribution in [-0.4, -0.2) is 32.4 Å². The molecule has 32 heavy (non-hydrogen) atoms. The molecule has 164 valence electrons. The molecule has 0 atom stereocenters. The number of aromatic nitrogens is 2. The molecule has 0 aliphatic carbocycles. The molecule has 4 rings (SSSR count). The van der Waals surface area contributed by atoms with Crippen LogP contribution in [0, 0.1) is 0 Å². The first-order valence-electron chi connectivity index (χ1n) is 9.52. The number of nitrogens with two attached hydrogens (primary N) is 1. The highest BCUT2D eigenvalue weighted by Gasteiger charge is 2.16. The second-order valence-corrected chi connectivity index (χ2v) is 8.94. The molecule has 0 saturated carbocycles. The average Bonchev–Trinajstić information content (AvgIpc) is 3.24. The molecule has 0 spiro atoms. The first-order chi connectivity index (χ1) is 15.3. The largest absolute Gasteiger partial charge is 0.493 e. The van der Waals surface area contributed by atoms with Crippen molar-refractivity contribution in [3.05, 3.63) is 77.8 Å². The molecule has 0 aliphatic heterocycles. The van der Waals surface area contributed by atoms with Crippen LogP contribution in [0.5, 0.6) is 11.5 Å². The molecule has 0 saturated heterocycles. The van der Waals surface area contributed by atoms with Crippen molar-refractivity contribution in [2.75, 3.05) is 14.2 Å². The summed E-state index contributed by atoms with van der Waals surface area (Å²) in [7, 11) is -0.645. The molecular formula is C23H20ClN3O4S. The van der Waals surface area contributed by atoms with E-state index in [1.54, 1.807) is 43.2 Å². The highest BCUT2D eigenvalue weighted by Crippen LogP contribution is 2.35. The van der Waals surface area contributed by atoms with Crippen molar-refractivity contribution in [3.63, 3.8) is 0 Å². The van der Waals surface area contributed by atoms with Gasteiger partial charge in [0.1, 0.15) is 0 Å². The summed E-state index contributed by atoms with van der Waals surface area (Å²) in [6.45, 7) is 0. The zero-order valence-electron chi connectivity index (χ0n) is 17.3. The van der Waals surface area contributed by atoms with Crippen molar-refractivity contribution >= 4 is 21.6 Å². The van der Waals surface area contributed by atoms with E-state index in [1.807, 2.05) is 36.4 Å². The summed E-state index contributed by atoms with van der Waals surface area (Å²) in [4.78, 5) is 0.0268. The van der Waals surface area contributed by atoms with Gasteiger partial charge in [-0.25, -0.2) is 18.2 Å². The van der Waals surface area contributed by atoms with Gasteiger partial charge >= 0.3 is 0 Å². The van der Waals surface area contributed by atoms with Crippen molar-refractivity contribution in [2.45, 2.75) is 4.90 Å². The van der Waals surface area contributed by atoms with Gasteiger partial charge in [-0.15, -0.1) is 0 Å². The average molecular weight is 470 g/mol. The zero-order valence-corrected chi connectivity index (χ0v) is 18.9. The van der Waals surface area contributed by atoms with E-state index >= 15 is 0 Å². The monoisotopic (exact) mass is 469 g/mol. The van der Waals surface area contributed by atoms with Crippen molar-refractivity contribution in [1.82, 2.24) is 9.78 Å². The number of primary sulfonamides is 1. The second kappa shape index (κ2) is 8.66. The molecule has 9 heteroatoms. The number of nitrogens with zero attached hydrogens (tertiary/aromatic N) is 2. The summed E-state index contributed by atoms with van der Waals surface area (Å²) < 4.78 is 35.8. The molecule has 4 aromatic rings. The summed E-state index contributed by atoms with van der Waals surface area (Å²) in [6.07, 6.45) is 0. The van der Waals surface area contributed by atoms with Gasteiger partial charge in [0.05, 0.1) is 36.2 Å². The fraction of sp³-hybridized carbons (Fsp3) is 0.0870. The van der Waals surface area contributed by atoms with E-state index in [4.69, 9.17) is 31.3 Å². The molecule has 2 N–H and O–H groups in total. The smallest absolute Gasteiger partial charge is 0.238 e. The van der Waals surface area contributed by atoms with Gasteiger partial charge in [0.25, 0.3) is 0 Å². The molecule has 0 radical (unpaired) electrons. The van der Waals surface area contributed by atoms with Gasteiger partial charge in [0, 0.05) is 16.1 Å². The van der Waals surface area contributed by atoms with E-state index in [2.05, 4.69) is 0 Å². The Balaban J connectivity index is 1.89. The van der Waals surface area contributed by atoms with Gasteiger partial charge in [-0.05, 0) is 60.7 Å². The van der Waals surface area contributed by atoms with E-state index in [-0.39, 0.29) is 4.90 Å². The predicted molar refractivity (Wildman–Crippen MR) is 124 cm³/mol. The topological polar surface area (TPSA) is 96.4 Å². The number of benzene rings is 3. The number of ether oxygens (including phenoxy) is 2. The number of hydrogen-bond acceptors (Lipinski definition) is 5. The van der Waals surface area contributed by atoms with Crippen LogP contribution in [0.2, 0.25) is 5.02 Å². The van der Waals surface area contributed by atoms with E-state index < -0.39 is 10.0 Å². The maximum absolute atomic E-state index is 11.6. The van der Waals surface area contributed by atoms with Crippen LogP contribution in [-0.2, 0) is 10.0 Å². The van der Waals surface area contributed by atoms with E-state index in [1.165, 1.54) is 12.1 Å². The molecule has 0 unspecified atom stereocenters. The highest BCUT2D eigenvalue weighted by molar-refractivity contribution is 7.89. The predicted octanol–water partition coefficient (Wildman–Crippen LogP) is 4.52. The van der Waals surface area contributed by atoms with Crippen molar-refractivity contribution in [1.29, 1.82) is 0 Å². The Kier molecular flexibility index (Phi) is 5.92. The first-order valence-corrected chi connectivity index (χ1v) is 11.4. The zero-order chi connectivity index (χ0) is 22.9. The summed E-state index contributed by atoms with van der Waals surface area (Å²) >= 11 is 6.03. The normalized spacial score (nSPS) is 11.4. The van der Waals surface area contributed by atoms with Gasteiger partial charge in [0.2, 0.25) is 10.0 Å². The van der Waals surface area contributed by atoms with Crippen molar-refractivity contribution < 1.29 is 17.9 Å². The van der Waals surface area contributed by atoms with Gasteiger partial charge in [-0.1, -0.05) is 23.7 Å². The van der Waals surface area contributed by atoms with Crippen LogP contribution in [0.3, 0.4) is 0 Å². The van der Waals surface area contributed by atoms with Crippen LogP contribution in [0.1, 0.15) is 0 Å². The summed E-state index contributed by atoms with van der Waals surface area (Å²) in [6, 6.07) is 21.1. The lowest BCUT2D eigenvalue weighted by atomic mass is 10.1. The number of methoxy groups -OCH3 is 2. The molecule has 0 aliphatic rings. The molecule has 7 nitrogen and oxygen atoms in total. The van der Waals surface area contributed by atoms with E-state index in [0.717, 1.165) is 22.5 Å². The number of hydrogen-bond donors (Lipinski definition) is 1. The minimum Gasteiger partial charge on any atom is -0.493 e. The van der Waals surface area contributed by atoms with Gasteiger partial charge in [-0.3, -0.25) is 0 Å². The summed E-state index contributed by atoms with van der Waals surface area (Å²) in [5, 5.41) is 10.6. The minimum absolute atomic E-state index is 0.0268. The van der Waals surface area contributed by atoms with Crippen molar-refractivity contribution in [3.8, 4) is 39.7 Å². The van der Waals surface area contributed by atoms with Crippen LogP contribution in [0.4, 0.5) is 0 Å². The highest BCUT2D eigenvalue weighted by atomic mass is 35.5. The third-order valence-electron chi connectivity index (χ3n) is 4.94. The van der Waals surface area contributed by atoms with Gasteiger partial charge in [-0.2, -0.15) is 5.10 Å². The fourth-order valence-electron chi connectivity index (χ4n) is 3.32. The molecule has 3 aromatic carbocycles. The van der Waals surface area contributed by atoms with Crippen molar-refractivity contribution in [2.24, 2.45) is 5.14 Å². The van der Waals surface area contributed by atoms with E-state index in [9.17, 15) is 8.42 Å².